The highest BCUT2D eigenvalue weighted by atomic mass is 79.9. The Morgan fingerprint density at radius 1 is 1.38 bits per heavy atom. The van der Waals surface area contributed by atoms with Gasteiger partial charge in [0, 0.05) is 28.3 Å². The molecule has 0 aromatic heterocycles. The minimum atomic E-state index is -0.581. The van der Waals surface area contributed by atoms with Crippen molar-refractivity contribution < 1.29 is 18.7 Å². The molecule has 0 saturated heterocycles. The van der Waals surface area contributed by atoms with Gasteiger partial charge in [0.1, 0.15) is 5.82 Å². The van der Waals surface area contributed by atoms with Gasteiger partial charge in [-0.15, -0.1) is 0 Å². The van der Waals surface area contributed by atoms with Gasteiger partial charge in [0.15, 0.2) is 5.78 Å². The van der Waals surface area contributed by atoms with Crippen LogP contribution in [0.4, 0.5) is 4.39 Å². The number of ketones is 1. The summed E-state index contributed by atoms with van der Waals surface area (Å²) in [6, 6.07) is 4.58. The zero-order valence-electron chi connectivity index (χ0n) is 15.2. The summed E-state index contributed by atoms with van der Waals surface area (Å²) < 4.78 is 19.0. The van der Waals surface area contributed by atoms with Crippen LogP contribution in [-0.2, 0) is 14.3 Å². The van der Waals surface area contributed by atoms with Crippen LogP contribution in [0.3, 0.4) is 0 Å². The van der Waals surface area contributed by atoms with Crippen molar-refractivity contribution in [1.29, 1.82) is 0 Å². The number of esters is 1. The van der Waals surface area contributed by atoms with E-state index < -0.39 is 23.1 Å². The van der Waals surface area contributed by atoms with Gasteiger partial charge in [0.2, 0.25) is 0 Å². The van der Waals surface area contributed by atoms with Crippen LogP contribution in [0.5, 0.6) is 0 Å². The van der Waals surface area contributed by atoms with E-state index in [0.29, 0.717) is 26.9 Å². The van der Waals surface area contributed by atoms with Gasteiger partial charge in [-0.1, -0.05) is 19.9 Å². The standard InChI is InChI=1S/C20H21BrFNO3/c1-10-15(19(25)26-4)16(11-5-6-13(22)12(21)9-11)17-14(23-10)7-8-20(2,3)18(17)24/h5-6,9,16,23H,7-8H2,1-4H3. The summed E-state index contributed by atoms with van der Waals surface area (Å²) in [7, 11) is 1.32. The fourth-order valence-electron chi connectivity index (χ4n) is 3.68. The predicted molar refractivity (Wildman–Crippen MR) is 99.7 cm³/mol. The van der Waals surface area contributed by atoms with Crippen LogP contribution < -0.4 is 5.32 Å². The second-order valence-electron chi connectivity index (χ2n) is 7.37. The van der Waals surface area contributed by atoms with E-state index in [-0.39, 0.29) is 5.78 Å². The highest BCUT2D eigenvalue weighted by Crippen LogP contribution is 2.47. The van der Waals surface area contributed by atoms with Gasteiger partial charge in [-0.2, -0.15) is 0 Å². The normalized spacial score (nSPS) is 22.1. The van der Waals surface area contributed by atoms with Crippen molar-refractivity contribution in [2.75, 3.05) is 7.11 Å². The van der Waals surface area contributed by atoms with E-state index in [2.05, 4.69) is 21.2 Å². The Morgan fingerprint density at radius 2 is 2.08 bits per heavy atom. The molecule has 138 valence electrons. The molecule has 0 bridgehead atoms. The van der Waals surface area contributed by atoms with Crippen molar-refractivity contribution in [3.8, 4) is 0 Å². The van der Waals surface area contributed by atoms with Crippen LogP contribution in [-0.4, -0.2) is 18.9 Å². The maximum atomic E-state index is 13.8. The molecule has 1 heterocycles. The molecule has 0 spiro atoms. The Labute approximate surface area is 160 Å². The van der Waals surface area contributed by atoms with Gasteiger partial charge in [-0.3, -0.25) is 4.79 Å². The molecule has 6 heteroatoms. The Balaban J connectivity index is 2.24. The smallest absolute Gasteiger partial charge is 0.336 e. The number of nitrogens with one attached hydrogen (secondary N) is 1. The van der Waals surface area contributed by atoms with E-state index in [1.807, 2.05) is 13.8 Å². The number of rotatable bonds is 2. The summed E-state index contributed by atoms with van der Waals surface area (Å²) in [5.74, 6) is -1.47. The van der Waals surface area contributed by atoms with Gasteiger partial charge in [-0.25, -0.2) is 9.18 Å². The summed E-state index contributed by atoms with van der Waals surface area (Å²) in [5, 5.41) is 3.23. The van der Waals surface area contributed by atoms with Crippen molar-refractivity contribution in [1.82, 2.24) is 5.32 Å². The maximum absolute atomic E-state index is 13.8. The molecule has 4 nitrogen and oxygen atoms in total. The molecule has 0 radical (unpaired) electrons. The van der Waals surface area contributed by atoms with Crippen LogP contribution >= 0.6 is 15.9 Å². The maximum Gasteiger partial charge on any atom is 0.336 e. The Hall–Kier alpha value is -1.95. The molecule has 0 amide bonds. The summed E-state index contributed by atoms with van der Waals surface area (Å²) in [6.45, 7) is 5.63. The Bertz CT molecular complexity index is 870. The second kappa shape index (κ2) is 6.65. The number of benzene rings is 1. The highest BCUT2D eigenvalue weighted by Gasteiger charge is 2.44. The molecule has 1 aromatic rings. The number of allylic oxidation sites excluding steroid dienone is 3. The number of dihydropyridines is 1. The van der Waals surface area contributed by atoms with Gasteiger partial charge < -0.3 is 10.1 Å². The average molecular weight is 422 g/mol. The highest BCUT2D eigenvalue weighted by molar-refractivity contribution is 9.10. The Kier molecular flexibility index (Phi) is 4.82. The summed E-state index contributed by atoms with van der Waals surface area (Å²) >= 11 is 3.20. The van der Waals surface area contributed by atoms with Gasteiger partial charge >= 0.3 is 5.97 Å². The molecule has 1 atom stereocenters. The van der Waals surface area contributed by atoms with Crippen molar-refractivity contribution in [2.45, 2.75) is 39.5 Å². The first-order valence-electron chi connectivity index (χ1n) is 8.46. The van der Waals surface area contributed by atoms with E-state index in [1.54, 1.807) is 19.1 Å². The van der Waals surface area contributed by atoms with Gasteiger partial charge in [-0.05, 0) is 53.4 Å². The second-order valence-corrected chi connectivity index (χ2v) is 8.22. The first-order valence-corrected chi connectivity index (χ1v) is 9.25. The van der Waals surface area contributed by atoms with E-state index >= 15 is 0 Å². The number of ether oxygens (including phenoxy) is 1. The number of halogens is 2. The summed E-state index contributed by atoms with van der Waals surface area (Å²) in [4.78, 5) is 25.7. The van der Waals surface area contributed by atoms with Crippen LogP contribution in [0.15, 0.2) is 45.2 Å². The average Bonchev–Trinajstić information content (AvgIpc) is 2.59. The van der Waals surface area contributed by atoms with Crippen LogP contribution in [0, 0.1) is 11.2 Å². The Morgan fingerprint density at radius 3 is 2.69 bits per heavy atom. The van der Waals surface area contributed by atoms with Crippen molar-refractivity contribution in [3.05, 3.63) is 56.6 Å². The first-order chi connectivity index (χ1) is 12.2. The summed E-state index contributed by atoms with van der Waals surface area (Å²) in [5.41, 5.74) is 2.63. The van der Waals surface area contributed by atoms with Crippen LogP contribution in [0.25, 0.3) is 0 Å². The van der Waals surface area contributed by atoms with Gasteiger partial charge in [0.25, 0.3) is 0 Å². The quantitative estimate of drug-likeness (QED) is 0.720. The molecule has 26 heavy (non-hydrogen) atoms. The number of Topliss-reactive ketones (excluding diaryl/α,β-unsaturated/α-hetero) is 1. The largest absolute Gasteiger partial charge is 0.466 e. The first kappa shape index (κ1) is 18.8. The third-order valence-corrected chi connectivity index (χ3v) is 5.79. The third-order valence-electron chi connectivity index (χ3n) is 5.19. The number of hydrogen-bond donors (Lipinski definition) is 1. The number of hydrogen-bond acceptors (Lipinski definition) is 4. The fourth-order valence-corrected chi connectivity index (χ4v) is 4.08. The lowest BCUT2D eigenvalue weighted by molar-refractivity contribution is -0.136. The SMILES string of the molecule is COC(=O)C1=C(C)NC2=C(C(=O)C(C)(C)CC2)C1c1ccc(F)c(Br)c1. The minimum Gasteiger partial charge on any atom is -0.466 e. The lowest BCUT2D eigenvalue weighted by Gasteiger charge is -2.39. The monoisotopic (exact) mass is 421 g/mol. The molecule has 1 N–H and O–H groups in total. The number of carbonyl (C=O) groups excluding carboxylic acids is 2. The van der Waals surface area contributed by atoms with Gasteiger partial charge in [0.05, 0.1) is 17.2 Å². The third kappa shape index (κ3) is 3.00. The topological polar surface area (TPSA) is 55.4 Å². The van der Waals surface area contributed by atoms with E-state index in [0.717, 1.165) is 18.5 Å². The van der Waals surface area contributed by atoms with E-state index in [4.69, 9.17) is 4.74 Å². The zero-order valence-corrected chi connectivity index (χ0v) is 16.8. The minimum absolute atomic E-state index is 0.00519. The molecule has 2 aliphatic rings. The zero-order chi connectivity index (χ0) is 19.2. The van der Waals surface area contributed by atoms with E-state index in [9.17, 15) is 14.0 Å². The molecular formula is C20H21BrFNO3. The van der Waals surface area contributed by atoms with Crippen LogP contribution in [0.2, 0.25) is 0 Å². The molecule has 0 fully saturated rings. The van der Waals surface area contributed by atoms with Crippen LogP contribution in [0.1, 0.15) is 45.1 Å². The van der Waals surface area contributed by atoms with E-state index in [1.165, 1.54) is 13.2 Å². The lowest BCUT2D eigenvalue weighted by Crippen LogP contribution is -2.40. The molecule has 1 aromatic carbocycles. The predicted octanol–water partition coefficient (Wildman–Crippen LogP) is 4.37. The molecule has 0 saturated carbocycles. The number of carbonyl (C=O) groups is 2. The van der Waals surface area contributed by atoms with Crippen molar-refractivity contribution >= 4 is 27.7 Å². The molecule has 1 unspecified atom stereocenters. The van der Waals surface area contributed by atoms with Crippen molar-refractivity contribution in [3.63, 3.8) is 0 Å². The fraction of sp³-hybridized carbons (Fsp3) is 0.400. The molecule has 1 aliphatic carbocycles. The molecule has 3 rings (SSSR count). The number of methoxy groups -OCH3 is 1. The van der Waals surface area contributed by atoms with Crippen molar-refractivity contribution in [2.24, 2.45) is 5.41 Å². The molecule has 1 aliphatic heterocycles. The summed E-state index contributed by atoms with van der Waals surface area (Å²) in [6.07, 6.45) is 1.46. The molecular weight excluding hydrogens is 401 g/mol. The lowest BCUT2D eigenvalue weighted by atomic mass is 9.67.